The molecule has 0 saturated heterocycles. The molecule has 1 heterocycles. The van der Waals surface area contributed by atoms with Crippen LogP contribution in [-0.2, 0) is 6.54 Å². The third-order valence-electron chi connectivity index (χ3n) is 3.80. The highest BCUT2D eigenvalue weighted by Crippen LogP contribution is 2.20. The number of pyridine rings is 1. The van der Waals surface area contributed by atoms with Gasteiger partial charge in [0.2, 0.25) is 0 Å². The molecule has 0 aliphatic heterocycles. The zero-order valence-corrected chi connectivity index (χ0v) is 14.0. The van der Waals surface area contributed by atoms with Crippen molar-refractivity contribution in [1.29, 1.82) is 0 Å². The van der Waals surface area contributed by atoms with Gasteiger partial charge in [0.1, 0.15) is 0 Å². The molecule has 0 aliphatic rings. The van der Waals surface area contributed by atoms with Crippen molar-refractivity contribution in [2.45, 2.75) is 11.4 Å². The van der Waals surface area contributed by atoms with Crippen LogP contribution in [0.25, 0.3) is 10.9 Å². The van der Waals surface area contributed by atoms with Gasteiger partial charge in [-0.25, -0.2) is 0 Å². The molecule has 116 valence electrons. The van der Waals surface area contributed by atoms with Gasteiger partial charge in [0, 0.05) is 35.6 Å². The number of carbonyl (C=O) groups excluding carboxylic acids is 1. The Morgan fingerprint density at radius 2 is 1.87 bits per heavy atom. The number of hydrogen-bond acceptors (Lipinski definition) is 3. The van der Waals surface area contributed by atoms with Crippen molar-refractivity contribution >= 4 is 28.6 Å². The zero-order chi connectivity index (χ0) is 16.2. The second-order valence-electron chi connectivity index (χ2n) is 5.38. The van der Waals surface area contributed by atoms with E-state index in [1.165, 1.54) is 4.90 Å². The Kier molecular flexibility index (Phi) is 4.63. The largest absolute Gasteiger partial charge is 0.337 e. The molecule has 0 N–H and O–H groups in total. The number of fused-ring (bicyclic) bond motifs is 1. The fourth-order valence-corrected chi connectivity index (χ4v) is 2.98. The van der Waals surface area contributed by atoms with Gasteiger partial charge in [0.15, 0.2) is 0 Å². The fraction of sp³-hybridized carbons (Fsp3) is 0.158. The molecule has 2 aromatic carbocycles. The van der Waals surface area contributed by atoms with Gasteiger partial charge in [-0.3, -0.25) is 9.78 Å². The van der Waals surface area contributed by atoms with Crippen molar-refractivity contribution in [3.63, 3.8) is 0 Å². The third kappa shape index (κ3) is 3.37. The molecule has 0 radical (unpaired) electrons. The summed E-state index contributed by atoms with van der Waals surface area (Å²) in [6, 6.07) is 17.8. The van der Waals surface area contributed by atoms with Gasteiger partial charge in [0.25, 0.3) is 5.91 Å². The summed E-state index contributed by atoms with van der Waals surface area (Å²) >= 11 is 1.71. The average molecular weight is 322 g/mol. The molecule has 0 fully saturated rings. The van der Waals surface area contributed by atoms with Gasteiger partial charge >= 0.3 is 0 Å². The lowest BCUT2D eigenvalue weighted by molar-refractivity contribution is 0.0787. The molecule has 0 spiro atoms. The highest BCUT2D eigenvalue weighted by Gasteiger charge is 2.15. The monoisotopic (exact) mass is 322 g/mol. The first-order valence-corrected chi connectivity index (χ1v) is 8.63. The number of amides is 1. The number of aromatic nitrogens is 1. The van der Waals surface area contributed by atoms with Crippen LogP contribution in [0.15, 0.2) is 65.7 Å². The molecule has 23 heavy (non-hydrogen) atoms. The maximum Gasteiger partial charge on any atom is 0.254 e. The Bertz CT molecular complexity index is 825. The Hall–Kier alpha value is -2.33. The number of benzene rings is 2. The van der Waals surface area contributed by atoms with E-state index in [2.05, 4.69) is 35.5 Å². The predicted octanol–water partition coefficient (Wildman–Crippen LogP) is 4.23. The summed E-state index contributed by atoms with van der Waals surface area (Å²) in [5, 5.41) is 0.893. The van der Waals surface area contributed by atoms with Crippen LogP contribution in [0.5, 0.6) is 0 Å². The molecule has 1 aromatic heterocycles. The van der Waals surface area contributed by atoms with Gasteiger partial charge < -0.3 is 4.90 Å². The molecule has 3 aromatic rings. The lowest BCUT2D eigenvalue weighted by atomic mass is 10.1. The first kappa shape index (κ1) is 15.6. The highest BCUT2D eigenvalue weighted by molar-refractivity contribution is 7.98. The maximum absolute atomic E-state index is 12.8. The number of nitrogens with zero attached hydrogens (tertiary/aromatic N) is 2. The quantitative estimate of drug-likeness (QED) is 0.674. The van der Waals surface area contributed by atoms with Crippen molar-refractivity contribution in [1.82, 2.24) is 9.88 Å². The SMILES string of the molecule is CSc1ccc(CN(C)C(=O)c2cccc3ncccc23)cc1. The fourth-order valence-electron chi connectivity index (χ4n) is 2.57. The van der Waals surface area contributed by atoms with Crippen LogP contribution >= 0.6 is 11.8 Å². The van der Waals surface area contributed by atoms with Crippen LogP contribution in [0.3, 0.4) is 0 Å². The van der Waals surface area contributed by atoms with E-state index >= 15 is 0 Å². The van der Waals surface area contributed by atoms with E-state index in [4.69, 9.17) is 0 Å². The van der Waals surface area contributed by atoms with E-state index in [1.54, 1.807) is 22.9 Å². The standard InChI is InChI=1S/C19H18N2OS/c1-21(13-14-8-10-15(23-2)11-9-14)19(22)17-5-3-7-18-16(17)6-4-12-20-18/h3-12H,13H2,1-2H3. The molecule has 0 unspecified atom stereocenters. The molecular formula is C19H18N2OS. The van der Waals surface area contributed by atoms with Crippen LogP contribution in [-0.4, -0.2) is 29.1 Å². The number of rotatable bonds is 4. The van der Waals surface area contributed by atoms with Gasteiger partial charge in [-0.2, -0.15) is 0 Å². The molecule has 3 rings (SSSR count). The summed E-state index contributed by atoms with van der Waals surface area (Å²) in [6.07, 6.45) is 3.80. The van der Waals surface area contributed by atoms with Gasteiger partial charge in [0.05, 0.1) is 5.52 Å². The third-order valence-corrected chi connectivity index (χ3v) is 4.55. The van der Waals surface area contributed by atoms with Crippen molar-refractivity contribution < 1.29 is 4.79 Å². The Morgan fingerprint density at radius 3 is 2.61 bits per heavy atom. The second kappa shape index (κ2) is 6.84. The van der Waals surface area contributed by atoms with Crippen LogP contribution < -0.4 is 0 Å². The van der Waals surface area contributed by atoms with Gasteiger partial charge in [-0.05, 0) is 42.2 Å². The van der Waals surface area contributed by atoms with E-state index in [9.17, 15) is 4.79 Å². The number of hydrogen-bond donors (Lipinski definition) is 0. The first-order valence-electron chi connectivity index (χ1n) is 7.41. The smallest absolute Gasteiger partial charge is 0.254 e. The van der Waals surface area contributed by atoms with Crippen molar-refractivity contribution in [3.8, 4) is 0 Å². The first-order chi connectivity index (χ1) is 11.2. The molecule has 3 nitrogen and oxygen atoms in total. The molecule has 0 saturated carbocycles. The van der Waals surface area contributed by atoms with Gasteiger partial charge in [-0.1, -0.05) is 24.3 Å². The van der Waals surface area contributed by atoms with Crippen LogP contribution in [0, 0.1) is 0 Å². The average Bonchev–Trinajstić information content (AvgIpc) is 2.61. The minimum atomic E-state index is 0.0116. The van der Waals surface area contributed by atoms with E-state index in [-0.39, 0.29) is 5.91 Å². The molecular weight excluding hydrogens is 304 g/mol. The summed E-state index contributed by atoms with van der Waals surface area (Å²) in [7, 11) is 1.83. The minimum absolute atomic E-state index is 0.0116. The molecule has 0 aliphatic carbocycles. The van der Waals surface area contributed by atoms with E-state index in [0.717, 1.165) is 16.5 Å². The van der Waals surface area contributed by atoms with Crippen LogP contribution in [0.4, 0.5) is 0 Å². The molecule has 1 amide bonds. The Labute approximate surface area is 140 Å². The molecule has 4 heteroatoms. The zero-order valence-electron chi connectivity index (χ0n) is 13.2. The van der Waals surface area contributed by atoms with Crippen molar-refractivity contribution in [2.75, 3.05) is 13.3 Å². The lowest BCUT2D eigenvalue weighted by Crippen LogP contribution is -2.26. The predicted molar refractivity (Wildman–Crippen MR) is 95.8 cm³/mol. The second-order valence-corrected chi connectivity index (χ2v) is 6.26. The summed E-state index contributed by atoms with van der Waals surface area (Å²) in [5.41, 5.74) is 2.66. The maximum atomic E-state index is 12.8. The van der Waals surface area contributed by atoms with Crippen molar-refractivity contribution in [3.05, 3.63) is 71.9 Å². The van der Waals surface area contributed by atoms with E-state index in [0.29, 0.717) is 12.1 Å². The molecule has 0 atom stereocenters. The minimum Gasteiger partial charge on any atom is -0.337 e. The van der Waals surface area contributed by atoms with Crippen LogP contribution in [0.1, 0.15) is 15.9 Å². The summed E-state index contributed by atoms with van der Waals surface area (Å²) in [6.45, 7) is 0.587. The van der Waals surface area contributed by atoms with E-state index < -0.39 is 0 Å². The number of carbonyl (C=O) groups is 1. The Morgan fingerprint density at radius 1 is 1.09 bits per heavy atom. The Balaban J connectivity index is 1.83. The highest BCUT2D eigenvalue weighted by atomic mass is 32.2. The van der Waals surface area contributed by atoms with Gasteiger partial charge in [-0.15, -0.1) is 11.8 Å². The topological polar surface area (TPSA) is 33.2 Å². The normalized spacial score (nSPS) is 10.7. The number of thioether (sulfide) groups is 1. The van der Waals surface area contributed by atoms with Crippen LogP contribution in [0.2, 0.25) is 0 Å². The lowest BCUT2D eigenvalue weighted by Gasteiger charge is -2.18. The van der Waals surface area contributed by atoms with Crippen molar-refractivity contribution in [2.24, 2.45) is 0 Å². The summed E-state index contributed by atoms with van der Waals surface area (Å²) in [4.78, 5) is 20.1. The van der Waals surface area contributed by atoms with E-state index in [1.807, 2.05) is 37.4 Å². The molecule has 0 bridgehead atoms. The summed E-state index contributed by atoms with van der Waals surface area (Å²) in [5.74, 6) is 0.0116. The summed E-state index contributed by atoms with van der Waals surface area (Å²) < 4.78 is 0.